The van der Waals surface area contributed by atoms with Crippen LogP contribution in [0.25, 0.3) is 5.52 Å². The first-order chi connectivity index (χ1) is 14.2. The number of hydrogen-bond donors (Lipinski definition) is 1. The van der Waals surface area contributed by atoms with E-state index < -0.39 is 0 Å². The van der Waals surface area contributed by atoms with Crippen LogP contribution in [0.15, 0.2) is 42.9 Å². The Morgan fingerprint density at radius 3 is 2.83 bits per heavy atom. The van der Waals surface area contributed by atoms with Gasteiger partial charge in [-0.1, -0.05) is 6.07 Å². The number of aliphatic hydroxyl groups excluding tert-OH is 1. The van der Waals surface area contributed by atoms with Gasteiger partial charge in [0.2, 0.25) is 0 Å². The third kappa shape index (κ3) is 3.70. The van der Waals surface area contributed by atoms with E-state index in [9.17, 15) is 0 Å². The van der Waals surface area contributed by atoms with Gasteiger partial charge in [0, 0.05) is 62.8 Å². The van der Waals surface area contributed by atoms with Gasteiger partial charge in [-0.05, 0) is 36.6 Å². The van der Waals surface area contributed by atoms with Crippen LogP contribution in [0.1, 0.15) is 22.7 Å². The van der Waals surface area contributed by atoms with Crippen LogP contribution in [0.2, 0.25) is 0 Å². The molecule has 0 radical (unpaired) electrons. The monoisotopic (exact) mass is 392 g/mol. The number of fused-ring (bicyclic) bond motifs is 2. The van der Waals surface area contributed by atoms with Crippen molar-refractivity contribution in [3.8, 4) is 5.75 Å². The zero-order chi connectivity index (χ0) is 19.8. The average molecular weight is 393 g/mol. The summed E-state index contributed by atoms with van der Waals surface area (Å²) in [6.07, 6.45) is 7.22. The number of benzene rings is 1. The average Bonchev–Trinajstić information content (AvgIpc) is 3.17. The van der Waals surface area contributed by atoms with Gasteiger partial charge in [0.05, 0.1) is 30.6 Å². The van der Waals surface area contributed by atoms with E-state index in [0.29, 0.717) is 12.5 Å². The lowest BCUT2D eigenvalue weighted by Crippen LogP contribution is -2.47. The normalized spacial score (nSPS) is 19.9. The van der Waals surface area contributed by atoms with Crippen LogP contribution in [-0.2, 0) is 6.42 Å². The summed E-state index contributed by atoms with van der Waals surface area (Å²) in [6, 6.07) is 8.90. The molecule has 2 aliphatic rings. The van der Waals surface area contributed by atoms with E-state index in [0.717, 1.165) is 56.1 Å². The summed E-state index contributed by atoms with van der Waals surface area (Å²) in [6.45, 7) is 7.72. The second kappa shape index (κ2) is 7.69. The zero-order valence-corrected chi connectivity index (χ0v) is 16.9. The highest BCUT2D eigenvalue weighted by Gasteiger charge is 2.24. The van der Waals surface area contributed by atoms with Crippen molar-refractivity contribution in [3.63, 3.8) is 0 Å². The summed E-state index contributed by atoms with van der Waals surface area (Å²) in [5.41, 5.74) is 5.99. The van der Waals surface area contributed by atoms with Crippen molar-refractivity contribution < 1.29 is 9.84 Å². The van der Waals surface area contributed by atoms with Gasteiger partial charge in [0.25, 0.3) is 0 Å². The molecular formula is C23H28N4O2. The number of aromatic nitrogens is 2. The van der Waals surface area contributed by atoms with Crippen LogP contribution in [0.5, 0.6) is 5.75 Å². The molecule has 5 rings (SSSR count). The van der Waals surface area contributed by atoms with E-state index in [1.54, 1.807) is 0 Å². The minimum Gasteiger partial charge on any atom is -0.493 e. The summed E-state index contributed by atoms with van der Waals surface area (Å²) in [5, 5.41) is 9.11. The molecule has 1 saturated heterocycles. The second-order valence-corrected chi connectivity index (χ2v) is 8.19. The maximum atomic E-state index is 9.11. The van der Waals surface area contributed by atoms with Crippen molar-refractivity contribution in [2.24, 2.45) is 0 Å². The van der Waals surface area contributed by atoms with Gasteiger partial charge in [0.15, 0.2) is 0 Å². The van der Waals surface area contributed by atoms with Gasteiger partial charge >= 0.3 is 0 Å². The van der Waals surface area contributed by atoms with Crippen molar-refractivity contribution in [3.05, 3.63) is 59.7 Å². The maximum Gasteiger partial charge on any atom is 0.124 e. The number of hydrogen-bond acceptors (Lipinski definition) is 5. The molecule has 0 saturated carbocycles. The summed E-state index contributed by atoms with van der Waals surface area (Å²) in [7, 11) is 0. The second-order valence-electron chi connectivity index (χ2n) is 8.19. The van der Waals surface area contributed by atoms with Gasteiger partial charge in [-0.3, -0.25) is 9.88 Å². The molecule has 0 amide bonds. The van der Waals surface area contributed by atoms with Crippen molar-refractivity contribution in [1.82, 2.24) is 14.3 Å². The number of anilines is 1. The summed E-state index contributed by atoms with van der Waals surface area (Å²) >= 11 is 0. The third-order valence-corrected chi connectivity index (χ3v) is 6.21. The number of nitrogens with zero attached hydrogens (tertiary/aromatic N) is 4. The first-order valence-corrected chi connectivity index (χ1v) is 10.5. The van der Waals surface area contributed by atoms with Gasteiger partial charge in [-0.15, -0.1) is 0 Å². The summed E-state index contributed by atoms with van der Waals surface area (Å²) < 4.78 is 8.37. The van der Waals surface area contributed by atoms with Gasteiger partial charge in [0.1, 0.15) is 5.75 Å². The molecule has 1 aromatic carbocycles. The fourth-order valence-electron chi connectivity index (χ4n) is 4.50. The molecule has 0 spiro atoms. The molecule has 1 fully saturated rings. The van der Waals surface area contributed by atoms with E-state index in [4.69, 9.17) is 9.84 Å². The lowest BCUT2D eigenvalue weighted by atomic mass is 9.91. The Morgan fingerprint density at radius 2 is 2.00 bits per heavy atom. The summed E-state index contributed by atoms with van der Waals surface area (Å²) in [5.74, 6) is 1.40. The molecule has 0 bridgehead atoms. The smallest absolute Gasteiger partial charge is 0.124 e. The Hall–Kier alpha value is -2.57. The SMILES string of the molecule is Cc1cn2cc(C3COc4cc(N5CCN(CCO)CC5)ccc4C3)cc2cn1. The predicted octanol–water partition coefficient (Wildman–Crippen LogP) is 2.48. The first kappa shape index (κ1) is 18.5. The molecule has 1 unspecified atom stereocenters. The minimum absolute atomic E-state index is 0.238. The number of ether oxygens (including phenoxy) is 1. The highest BCUT2D eigenvalue weighted by Crippen LogP contribution is 2.36. The van der Waals surface area contributed by atoms with Crippen LogP contribution in [0.4, 0.5) is 5.69 Å². The van der Waals surface area contributed by atoms with Crippen LogP contribution >= 0.6 is 0 Å². The standard InChI is InChI=1S/C23H28N4O2/c1-17-14-27-15-19(11-22(27)13-24-17)20-10-18-2-3-21(12-23(18)29-16-20)26-6-4-25(5-7-26)8-9-28/h2-3,11-15,20,28H,4-10,16H2,1H3. The summed E-state index contributed by atoms with van der Waals surface area (Å²) in [4.78, 5) is 9.13. The zero-order valence-electron chi connectivity index (χ0n) is 16.9. The van der Waals surface area contributed by atoms with E-state index in [2.05, 4.69) is 55.8 Å². The molecule has 6 heteroatoms. The van der Waals surface area contributed by atoms with Gasteiger partial charge in [-0.2, -0.15) is 0 Å². The van der Waals surface area contributed by atoms with E-state index in [1.807, 2.05) is 13.1 Å². The van der Waals surface area contributed by atoms with Crippen LogP contribution in [0.3, 0.4) is 0 Å². The Balaban J connectivity index is 1.30. The van der Waals surface area contributed by atoms with Crippen molar-refractivity contribution in [2.45, 2.75) is 19.3 Å². The third-order valence-electron chi connectivity index (χ3n) is 6.21. The number of aryl methyl sites for hydroxylation is 1. The molecule has 4 heterocycles. The maximum absolute atomic E-state index is 9.11. The molecule has 3 aromatic rings. The number of β-amino-alcohol motifs (C(OH)–C–C–N with tert-alkyl or cyclic N) is 1. The molecule has 6 nitrogen and oxygen atoms in total. The molecule has 152 valence electrons. The Bertz CT molecular complexity index is 1010. The van der Waals surface area contributed by atoms with E-state index in [-0.39, 0.29) is 6.61 Å². The van der Waals surface area contributed by atoms with E-state index in [1.165, 1.54) is 16.8 Å². The van der Waals surface area contributed by atoms with E-state index >= 15 is 0 Å². The molecule has 2 aromatic heterocycles. The fraction of sp³-hybridized carbons (Fsp3) is 0.435. The first-order valence-electron chi connectivity index (χ1n) is 10.5. The Labute approximate surface area is 171 Å². The number of aliphatic hydroxyl groups is 1. The lowest BCUT2D eigenvalue weighted by Gasteiger charge is -2.36. The number of piperazine rings is 1. The Morgan fingerprint density at radius 1 is 1.14 bits per heavy atom. The topological polar surface area (TPSA) is 53.2 Å². The van der Waals surface area contributed by atoms with Gasteiger partial charge < -0.3 is 19.1 Å². The number of rotatable bonds is 4. The Kier molecular flexibility index (Phi) is 4.89. The quantitative estimate of drug-likeness (QED) is 0.739. The molecule has 2 aliphatic heterocycles. The largest absolute Gasteiger partial charge is 0.493 e. The van der Waals surface area contributed by atoms with Gasteiger partial charge in [-0.25, -0.2) is 0 Å². The minimum atomic E-state index is 0.238. The van der Waals surface area contributed by atoms with Crippen molar-refractivity contribution in [2.75, 3.05) is 50.8 Å². The fourth-order valence-corrected chi connectivity index (χ4v) is 4.50. The van der Waals surface area contributed by atoms with Crippen LogP contribution < -0.4 is 9.64 Å². The molecular weight excluding hydrogens is 364 g/mol. The lowest BCUT2D eigenvalue weighted by molar-refractivity contribution is 0.188. The van der Waals surface area contributed by atoms with Crippen LogP contribution in [-0.4, -0.2) is 65.3 Å². The molecule has 29 heavy (non-hydrogen) atoms. The van der Waals surface area contributed by atoms with Crippen LogP contribution in [0, 0.1) is 6.92 Å². The predicted molar refractivity (Wildman–Crippen MR) is 114 cm³/mol. The molecule has 1 N–H and O–H groups in total. The highest BCUT2D eigenvalue weighted by molar-refractivity contribution is 5.56. The van der Waals surface area contributed by atoms with Crippen molar-refractivity contribution >= 4 is 11.2 Å². The highest BCUT2D eigenvalue weighted by atomic mass is 16.5. The molecule has 0 aliphatic carbocycles. The molecule has 1 atom stereocenters. The van der Waals surface area contributed by atoms with Crippen molar-refractivity contribution in [1.29, 1.82) is 0 Å².